The number of hydrogen-bond donors (Lipinski definition) is 1. The summed E-state index contributed by atoms with van der Waals surface area (Å²) in [5.74, 6) is -2.28. The molecule has 0 heterocycles. The van der Waals surface area contributed by atoms with Gasteiger partial charge >= 0.3 is 5.97 Å². The van der Waals surface area contributed by atoms with Gasteiger partial charge in [-0.3, -0.25) is 14.4 Å². The molecule has 140 valence electrons. The summed E-state index contributed by atoms with van der Waals surface area (Å²) in [7, 11) is 1.34. The van der Waals surface area contributed by atoms with E-state index in [0.29, 0.717) is 6.42 Å². The van der Waals surface area contributed by atoms with Crippen molar-refractivity contribution < 1.29 is 19.5 Å². The van der Waals surface area contributed by atoms with Crippen LogP contribution in [0.2, 0.25) is 0 Å². The molecule has 0 aromatic carbocycles. The van der Waals surface area contributed by atoms with E-state index in [9.17, 15) is 14.4 Å². The third-order valence-electron chi connectivity index (χ3n) is 4.22. The molecule has 0 spiro atoms. The molecular weight excluding hydrogens is 306 g/mol. The lowest BCUT2D eigenvalue weighted by Crippen LogP contribution is -2.36. The molecule has 5 nitrogen and oxygen atoms in total. The molecule has 24 heavy (non-hydrogen) atoms. The highest BCUT2D eigenvalue weighted by molar-refractivity contribution is 6.36. The summed E-state index contributed by atoms with van der Waals surface area (Å²) in [6, 6.07) is 0. The fraction of sp³-hybridized carbons (Fsp3) is 0.842. The van der Waals surface area contributed by atoms with Gasteiger partial charge in [-0.05, 0) is 6.42 Å². The van der Waals surface area contributed by atoms with Crippen LogP contribution in [0.1, 0.15) is 90.4 Å². The van der Waals surface area contributed by atoms with Gasteiger partial charge in [0.1, 0.15) is 6.54 Å². The Morgan fingerprint density at radius 3 is 1.58 bits per heavy atom. The van der Waals surface area contributed by atoms with Crippen molar-refractivity contribution in [2.75, 3.05) is 13.6 Å². The summed E-state index contributed by atoms with van der Waals surface area (Å²) < 4.78 is 0. The number of ketones is 1. The number of rotatable bonds is 16. The summed E-state index contributed by atoms with van der Waals surface area (Å²) in [5.41, 5.74) is 0. The maximum atomic E-state index is 11.7. The van der Waals surface area contributed by atoms with E-state index >= 15 is 0 Å². The van der Waals surface area contributed by atoms with Gasteiger partial charge in [0.25, 0.3) is 5.91 Å². The van der Waals surface area contributed by atoms with Gasteiger partial charge in [-0.25, -0.2) is 0 Å². The normalized spacial score (nSPS) is 10.6. The van der Waals surface area contributed by atoms with Crippen molar-refractivity contribution >= 4 is 17.7 Å². The van der Waals surface area contributed by atoms with Crippen LogP contribution < -0.4 is 0 Å². The highest BCUT2D eigenvalue weighted by atomic mass is 16.4. The van der Waals surface area contributed by atoms with E-state index < -0.39 is 24.2 Å². The molecule has 0 aromatic heterocycles. The lowest BCUT2D eigenvalue weighted by Gasteiger charge is -2.13. The second kappa shape index (κ2) is 15.2. The van der Waals surface area contributed by atoms with E-state index in [0.717, 1.165) is 17.7 Å². The first-order valence-corrected chi connectivity index (χ1v) is 9.49. The second-order valence-corrected chi connectivity index (χ2v) is 6.62. The number of carboxylic acid groups (broad SMARTS) is 1. The first-order chi connectivity index (χ1) is 11.5. The SMILES string of the molecule is CCCCCCCCCCCCCCC(=O)C(=O)N(C)CC(=O)O. The van der Waals surface area contributed by atoms with Crippen molar-refractivity contribution in [3.05, 3.63) is 0 Å². The fourth-order valence-corrected chi connectivity index (χ4v) is 2.72. The van der Waals surface area contributed by atoms with Crippen LogP contribution in [-0.2, 0) is 14.4 Å². The third-order valence-corrected chi connectivity index (χ3v) is 4.22. The van der Waals surface area contributed by atoms with Crippen LogP contribution in [0.15, 0.2) is 0 Å². The summed E-state index contributed by atoms with van der Waals surface area (Å²) in [6.07, 6.45) is 14.8. The molecule has 0 unspecified atom stereocenters. The number of likely N-dealkylation sites (N-methyl/N-ethyl adjacent to an activating group) is 1. The molecule has 0 rings (SSSR count). The van der Waals surface area contributed by atoms with E-state index in [1.165, 1.54) is 64.8 Å². The molecule has 0 aliphatic heterocycles. The van der Waals surface area contributed by atoms with Crippen molar-refractivity contribution in [3.8, 4) is 0 Å². The van der Waals surface area contributed by atoms with E-state index in [-0.39, 0.29) is 6.42 Å². The zero-order chi connectivity index (χ0) is 18.2. The molecule has 1 amide bonds. The van der Waals surface area contributed by atoms with Gasteiger partial charge < -0.3 is 10.0 Å². The number of nitrogens with zero attached hydrogens (tertiary/aromatic N) is 1. The maximum Gasteiger partial charge on any atom is 0.323 e. The summed E-state index contributed by atoms with van der Waals surface area (Å²) >= 11 is 0. The minimum Gasteiger partial charge on any atom is -0.480 e. The largest absolute Gasteiger partial charge is 0.480 e. The molecule has 0 fully saturated rings. The van der Waals surface area contributed by atoms with Gasteiger partial charge in [0, 0.05) is 13.5 Å². The van der Waals surface area contributed by atoms with Gasteiger partial charge in [-0.1, -0.05) is 77.6 Å². The average molecular weight is 341 g/mol. The molecule has 0 aromatic rings. The molecule has 0 atom stereocenters. The molecule has 0 saturated carbocycles. The number of unbranched alkanes of at least 4 members (excludes halogenated alkanes) is 11. The Morgan fingerprint density at radius 1 is 0.750 bits per heavy atom. The Bertz CT molecular complexity index is 368. The van der Waals surface area contributed by atoms with Crippen LogP contribution >= 0.6 is 0 Å². The van der Waals surface area contributed by atoms with Crippen LogP contribution in [0.3, 0.4) is 0 Å². The second-order valence-electron chi connectivity index (χ2n) is 6.62. The number of carboxylic acids is 1. The first kappa shape index (κ1) is 22.6. The highest BCUT2D eigenvalue weighted by Gasteiger charge is 2.19. The average Bonchev–Trinajstić information content (AvgIpc) is 2.54. The molecular formula is C19H35NO4. The number of Topliss-reactive ketones (excluding diaryl/α,β-unsaturated/α-hetero) is 1. The molecule has 0 aliphatic carbocycles. The Labute approximate surface area is 146 Å². The first-order valence-electron chi connectivity index (χ1n) is 9.49. The van der Waals surface area contributed by atoms with Crippen molar-refractivity contribution in [2.45, 2.75) is 90.4 Å². The van der Waals surface area contributed by atoms with Crippen LogP contribution in [0, 0.1) is 0 Å². The van der Waals surface area contributed by atoms with E-state index in [1.54, 1.807) is 0 Å². The minimum atomic E-state index is -1.11. The number of carbonyl (C=O) groups is 3. The van der Waals surface area contributed by atoms with Gasteiger partial charge in [0.15, 0.2) is 0 Å². The van der Waals surface area contributed by atoms with Gasteiger partial charge in [0.05, 0.1) is 0 Å². The standard InChI is InChI=1S/C19H35NO4/c1-3-4-5-6-7-8-9-10-11-12-13-14-15-17(21)19(24)20(2)16-18(22)23/h3-16H2,1-2H3,(H,22,23). The molecule has 1 N–H and O–H groups in total. The fourth-order valence-electron chi connectivity index (χ4n) is 2.72. The van der Waals surface area contributed by atoms with Crippen molar-refractivity contribution in [2.24, 2.45) is 0 Å². The molecule has 0 radical (unpaired) electrons. The number of aliphatic carboxylic acids is 1. The van der Waals surface area contributed by atoms with Crippen molar-refractivity contribution in [1.29, 1.82) is 0 Å². The predicted octanol–water partition coefficient (Wildman–Crippen LogP) is 4.19. The van der Waals surface area contributed by atoms with Crippen LogP contribution in [-0.4, -0.2) is 41.3 Å². The van der Waals surface area contributed by atoms with Gasteiger partial charge in [-0.2, -0.15) is 0 Å². The van der Waals surface area contributed by atoms with Crippen molar-refractivity contribution in [1.82, 2.24) is 4.90 Å². The van der Waals surface area contributed by atoms with E-state index in [1.807, 2.05) is 0 Å². The summed E-state index contributed by atoms with van der Waals surface area (Å²) in [5, 5.41) is 8.60. The molecule has 0 bridgehead atoms. The quantitative estimate of drug-likeness (QED) is 0.337. The van der Waals surface area contributed by atoms with Gasteiger partial charge in [-0.15, -0.1) is 0 Å². The number of carbonyl (C=O) groups excluding carboxylic acids is 2. The lowest BCUT2D eigenvalue weighted by atomic mass is 10.0. The zero-order valence-electron chi connectivity index (χ0n) is 15.5. The predicted molar refractivity (Wildman–Crippen MR) is 96.0 cm³/mol. The number of amides is 1. The topological polar surface area (TPSA) is 74.7 Å². The monoisotopic (exact) mass is 341 g/mol. The van der Waals surface area contributed by atoms with Crippen LogP contribution in [0.25, 0.3) is 0 Å². The maximum absolute atomic E-state index is 11.7. The minimum absolute atomic E-state index is 0.222. The van der Waals surface area contributed by atoms with E-state index in [2.05, 4.69) is 6.92 Å². The Balaban J connectivity index is 3.45. The lowest BCUT2D eigenvalue weighted by molar-refractivity contribution is -0.148. The van der Waals surface area contributed by atoms with Crippen LogP contribution in [0.5, 0.6) is 0 Å². The summed E-state index contributed by atoms with van der Waals surface area (Å²) in [4.78, 5) is 34.8. The van der Waals surface area contributed by atoms with Crippen LogP contribution in [0.4, 0.5) is 0 Å². The number of hydrogen-bond acceptors (Lipinski definition) is 3. The Morgan fingerprint density at radius 2 is 1.17 bits per heavy atom. The Kier molecular flexibility index (Phi) is 14.3. The zero-order valence-corrected chi connectivity index (χ0v) is 15.5. The highest BCUT2D eigenvalue weighted by Crippen LogP contribution is 2.12. The smallest absolute Gasteiger partial charge is 0.323 e. The third kappa shape index (κ3) is 13.1. The molecule has 5 heteroatoms. The Hall–Kier alpha value is -1.39. The van der Waals surface area contributed by atoms with Gasteiger partial charge in [0.2, 0.25) is 5.78 Å². The van der Waals surface area contributed by atoms with E-state index in [4.69, 9.17) is 5.11 Å². The van der Waals surface area contributed by atoms with Crippen molar-refractivity contribution in [3.63, 3.8) is 0 Å². The molecule has 0 aliphatic rings. The summed E-state index contributed by atoms with van der Waals surface area (Å²) in [6.45, 7) is 1.81. The molecule has 0 saturated heterocycles.